The Morgan fingerprint density at radius 2 is 1.82 bits per heavy atom. The molecule has 0 saturated heterocycles. The zero-order valence-electron chi connectivity index (χ0n) is 10.1. The zero-order valence-corrected chi connectivity index (χ0v) is 11.0. The van der Waals surface area contributed by atoms with E-state index in [0.717, 1.165) is 11.1 Å². The fourth-order valence-electron chi connectivity index (χ4n) is 1.06. The van der Waals surface area contributed by atoms with E-state index in [-0.39, 0.29) is 4.90 Å². The first-order valence-electron chi connectivity index (χ1n) is 5.17. The summed E-state index contributed by atoms with van der Waals surface area (Å²) in [6.07, 6.45) is 3.14. The molecular weight excluding hydrogens is 236 g/mol. The van der Waals surface area contributed by atoms with Crippen molar-refractivity contribution in [2.45, 2.75) is 25.7 Å². The highest BCUT2D eigenvalue weighted by Gasteiger charge is 2.11. The molecule has 0 aliphatic heterocycles. The number of hydrogen-bond donors (Lipinski definition) is 1. The molecule has 1 aromatic rings. The van der Waals surface area contributed by atoms with Crippen LogP contribution in [-0.2, 0) is 10.0 Å². The van der Waals surface area contributed by atoms with Gasteiger partial charge in [-0.1, -0.05) is 23.3 Å². The molecule has 0 heterocycles. The smallest absolute Gasteiger partial charge is 0.200 e. The van der Waals surface area contributed by atoms with Crippen molar-refractivity contribution in [2.75, 3.05) is 0 Å². The van der Waals surface area contributed by atoms with Crippen LogP contribution in [0.2, 0.25) is 0 Å². The van der Waals surface area contributed by atoms with Crippen molar-refractivity contribution < 1.29 is 8.42 Å². The van der Waals surface area contributed by atoms with E-state index < -0.39 is 10.0 Å². The van der Waals surface area contributed by atoms with Crippen LogP contribution in [0.1, 0.15) is 19.4 Å². The minimum Gasteiger partial charge on any atom is -0.200 e. The summed E-state index contributed by atoms with van der Waals surface area (Å²) in [4.78, 5) is 2.35. The Hall–Kier alpha value is -1.62. The van der Waals surface area contributed by atoms with Crippen molar-refractivity contribution in [2.24, 2.45) is 5.10 Å². The van der Waals surface area contributed by atoms with Gasteiger partial charge in [0, 0.05) is 6.21 Å². The van der Waals surface area contributed by atoms with Crippen molar-refractivity contribution in [3.05, 3.63) is 41.5 Å². The Balaban J connectivity index is 2.79. The maximum atomic E-state index is 11.7. The number of nitrogens with zero attached hydrogens (tertiary/aromatic N) is 1. The predicted octanol–water partition coefficient (Wildman–Crippen LogP) is 2.23. The lowest BCUT2D eigenvalue weighted by molar-refractivity contribution is 0.584. The monoisotopic (exact) mass is 252 g/mol. The minimum absolute atomic E-state index is 0.206. The summed E-state index contributed by atoms with van der Waals surface area (Å²) >= 11 is 0. The molecule has 4 nitrogen and oxygen atoms in total. The van der Waals surface area contributed by atoms with Gasteiger partial charge in [0.15, 0.2) is 0 Å². The lowest BCUT2D eigenvalue weighted by Crippen LogP contribution is -2.18. The van der Waals surface area contributed by atoms with Crippen LogP contribution in [0.4, 0.5) is 0 Å². The molecule has 0 unspecified atom stereocenters. The van der Waals surface area contributed by atoms with E-state index in [9.17, 15) is 8.42 Å². The molecule has 0 fully saturated rings. The van der Waals surface area contributed by atoms with Crippen LogP contribution in [0.25, 0.3) is 0 Å². The van der Waals surface area contributed by atoms with Gasteiger partial charge in [-0.2, -0.15) is 13.5 Å². The van der Waals surface area contributed by atoms with Crippen LogP contribution in [0, 0.1) is 6.92 Å². The number of benzene rings is 1. The topological polar surface area (TPSA) is 58.5 Å². The van der Waals surface area contributed by atoms with E-state index in [1.54, 1.807) is 30.3 Å². The van der Waals surface area contributed by atoms with E-state index in [1.807, 2.05) is 20.8 Å². The van der Waals surface area contributed by atoms with Gasteiger partial charge in [0.2, 0.25) is 0 Å². The van der Waals surface area contributed by atoms with Crippen molar-refractivity contribution in [1.29, 1.82) is 0 Å². The second-order valence-corrected chi connectivity index (χ2v) is 5.59. The third kappa shape index (κ3) is 4.40. The molecule has 0 atom stereocenters. The Morgan fingerprint density at radius 3 is 2.35 bits per heavy atom. The Bertz CT molecular complexity index is 524. The van der Waals surface area contributed by atoms with Crippen LogP contribution >= 0.6 is 0 Å². The molecular formula is C12H16N2O2S. The van der Waals surface area contributed by atoms with Crippen molar-refractivity contribution >= 4 is 16.2 Å². The molecule has 0 saturated carbocycles. The number of sulfonamides is 1. The number of aryl methyl sites for hydroxylation is 1. The van der Waals surface area contributed by atoms with Crippen molar-refractivity contribution in [1.82, 2.24) is 4.83 Å². The number of allylic oxidation sites excluding steroid dienone is 2. The van der Waals surface area contributed by atoms with Crippen LogP contribution < -0.4 is 4.83 Å². The molecule has 0 spiro atoms. The van der Waals surface area contributed by atoms with Gasteiger partial charge in [-0.15, -0.1) is 0 Å². The Labute approximate surface area is 102 Å². The summed E-state index contributed by atoms with van der Waals surface area (Å²) in [5, 5.41) is 3.64. The van der Waals surface area contributed by atoms with Crippen LogP contribution in [-0.4, -0.2) is 14.6 Å². The highest BCUT2D eigenvalue weighted by molar-refractivity contribution is 7.89. The zero-order chi connectivity index (χ0) is 12.9. The molecule has 0 aliphatic rings. The summed E-state index contributed by atoms with van der Waals surface area (Å²) in [6, 6.07) is 6.59. The maximum absolute atomic E-state index is 11.7. The predicted molar refractivity (Wildman–Crippen MR) is 69.4 cm³/mol. The standard InChI is InChI=1S/C12H16N2O2S/c1-10(2)8-9-13-14-17(15,16)12-6-4-11(3)5-7-12/h4-9,14H,1-3H3/b13-9+. The third-order valence-electron chi connectivity index (χ3n) is 1.99. The number of nitrogens with one attached hydrogen (secondary N) is 1. The number of hydrogen-bond acceptors (Lipinski definition) is 3. The average molecular weight is 252 g/mol. The first-order chi connectivity index (χ1) is 7.92. The summed E-state index contributed by atoms with van der Waals surface area (Å²) in [5.41, 5.74) is 2.06. The van der Waals surface area contributed by atoms with Crippen LogP contribution in [0.15, 0.2) is 45.9 Å². The second kappa shape index (κ2) is 5.63. The van der Waals surface area contributed by atoms with E-state index in [0.29, 0.717) is 0 Å². The molecule has 5 heteroatoms. The van der Waals surface area contributed by atoms with Gasteiger partial charge in [0.25, 0.3) is 10.0 Å². The van der Waals surface area contributed by atoms with Gasteiger partial charge in [-0.3, -0.25) is 0 Å². The Morgan fingerprint density at radius 1 is 1.24 bits per heavy atom. The summed E-state index contributed by atoms with van der Waals surface area (Å²) in [7, 11) is -3.55. The first kappa shape index (κ1) is 13.4. The molecule has 0 amide bonds. The van der Waals surface area contributed by atoms with E-state index >= 15 is 0 Å². The fraction of sp³-hybridized carbons (Fsp3) is 0.250. The lowest BCUT2D eigenvalue weighted by atomic mass is 10.2. The largest absolute Gasteiger partial charge is 0.276 e. The lowest BCUT2D eigenvalue weighted by Gasteiger charge is -2.02. The fourth-order valence-corrected chi connectivity index (χ4v) is 1.86. The van der Waals surface area contributed by atoms with Crippen LogP contribution in [0.5, 0.6) is 0 Å². The van der Waals surface area contributed by atoms with Crippen molar-refractivity contribution in [3.63, 3.8) is 0 Å². The number of hydrazone groups is 1. The average Bonchev–Trinajstić information content (AvgIpc) is 2.25. The molecule has 0 aromatic heterocycles. The van der Waals surface area contributed by atoms with E-state index in [4.69, 9.17) is 0 Å². The summed E-state index contributed by atoms with van der Waals surface area (Å²) in [5.74, 6) is 0. The molecule has 17 heavy (non-hydrogen) atoms. The first-order valence-corrected chi connectivity index (χ1v) is 6.65. The van der Waals surface area contributed by atoms with Crippen LogP contribution in [0.3, 0.4) is 0 Å². The van der Waals surface area contributed by atoms with Crippen molar-refractivity contribution in [3.8, 4) is 0 Å². The highest BCUT2D eigenvalue weighted by Crippen LogP contribution is 2.09. The van der Waals surface area contributed by atoms with Gasteiger partial charge in [0.05, 0.1) is 4.90 Å². The number of rotatable bonds is 4. The Kier molecular flexibility index (Phi) is 4.45. The molecule has 92 valence electrons. The normalized spacial score (nSPS) is 11.5. The molecule has 0 bridgehead atoms. The van der Waals surface area contributed by atoms with E-state index in [1.165, 1.54) is 6.21 Å². The molecule has 1 aromatic carbocycles. The second-order valence-electron chi connectivity index (χ2n) is 3.93. The highest BCUT2D eigenvalue weighted by atomic mass is 32.2. The summed E-state index contributed by atoms with van der Waals surface area (Å²) in [6.45, 7) is 5.71. The van der Waals surface area contributed by atoms with Gasteiger partial charge < -0.3 is 0 Å². The molecule has 1 rings (SSSR count). The molecule has 0 radical (unpaired) electrons. The minimum atomic E-state index is -3.55. The van der Waals surface area contributed by atoms with Gasteiger partial charge in [-0.05, 0) is 39.0 Å². The quantitative estimate of drug-likeness (QED) is 0.660. The van der Waals surface area contributed by atoms with Gasteiger partial charge in [-0.25, -0.2) is 4.83 Å². The van der Waals surface area contributed by atoms with Gasteiger partial charge >= 0.3 is 0 Å². The molecule has 1 N–H and O–H groups in total. The third-order valence-corrected chi connectivity index (χ3v) is 3.23. The van der Waals surface area contributed by atoms with E-state index in [2.05, 4.69) is 9.93 Å². The molecule has 0 aliphatic carbocycles. The summed E-state index contributed by atoms with van der Waals surface area (Å²) < 4.78 is 23.5. The maximum Gasteiger partial charge on any atom is 0.276 e. The van der Waals surface area contributed by atoms with Gasteiger partial charge in [0.1, 0.15) is 0 Å². The SMILES string of the molecule is CC(C)=C/C=N/NS(=O)(=O)c1ccc(C)cc1.